The molecule has 0 aliphatic rings. The van der Waals surface area contributed by atoms with E-state index in [9.17, 15) is 0 Å². The third-order valence-electron chi connectivity index (χ3n) is 1.45. The van der Waals surface area contributed by atoms with E-state index in [0.29, 0.717) is 18.3 Å². The highest BCUT2D eigenvalue weighted by molar-refractivity contribution is 5.17. The lowest BCUT2D eigenvalue weighted by Crippen LogP contribution is -2.01. The molecule has 0 radical (unpaired) electrons. The van der Waals surface area contributed by atoms with Crippen molar-refractivity contribution in [2.24, 2.45) is 5.73 Å². The quantitative estimate of drug-likeness (QED) is 0.673. The standard InChI is InChI=1S/C6H8N6O2/c7-1-5-10-11-6(14-5)8-2-4-9-3-13-12-4/h3H,1-2,7H2,(H,8,11). The fraction of sp³-hybridized carbons (Fsp3) is 0.333. The highest BCUT2D eigenvalue weighted by Crippen LogP contribution is 2.05. The summed E-state index contributed by atoms with van der Waals surface area (Å²) in [5.41, 5.74) is 5.29. The van der Waals surface area contributed by atoms with Gasteiger partial charge in [0.15, 0.2) is 5.82 Å². The van der Waals surface area contributed by atoms with Crippen LogP contribution in [0.2, 0.25) is 0 Å². The molecule has 0 spiro atoms. The molecule has 0 saturated heterocycles. The topological polar surface area (TPSA) is 116 Å². The monoisotopic (exact) mass is 196 g/mol. The Kier molecular flexibility index (Phi) is 2.36. The first-order valence-electron chi connectivity index (χ1n) is 3.90. The Labute approximate surface area is 78.5 Å². The van der Waals surface area contributed by atoms with Gasteiger partial charge in [-0.3, -0.25) is 0 Å². The van der Waals surface area contributed by atoms with Crippen LogP contribution < -0.4 is 11.1 Å². The Morgan fingerprint density at radius 2 is 2.36 bits per heavy atom. The van der Waals surface area contributed by atoms with E-state index in [4.69, 9.17) is 10.2 Å². The predicted octanol–water partition coefficient (Wildman–Crippen LogP) is -0.477. The van der Waals surface area contributed by atoms with Gasteiger partial charge in [-0.2, -0.15) is 4.98 Å². The first-order valence-corrected chi connectivity index (χ1v) is 3.90. The van der Waals surface area contributed by atoms with Gasteiger partial charge in [0.25, 0.3) is 0 Å². The fourth-order valence-electron chi connectivity index (χ4n) is 0.833. The van der Waals surface area contributed by atoms with Crippen molar-refractivity contribution in [3.8, 4) is 0 Å². The third-order valence-corrected chi connectivity index (χ3v) is 1.45. The van der Waals surface area contributed by atoms with Gasteiger partial charge >= 0.3 is 6.01 Å². The molecule has 0 unspecified atom stereocenters. The van der Waals surface area contributed by atoms with Crippen LogP contribution in [0, 0.1) is 0 Å². The lowest BCUT2D eigenvalue weighted by atomic mass is 10.6. The van der Waals surface area contributed by atoms with Crippen molar-refractivity contribution in [2.45, 2.75) is 13.1 Å². The second-order valence-corrected chi connectivity index (χ2v) is 2.41. The van der Waals surface area contributed by atoms with Crippen LogP contribution in [0.25, 0.3) is 0 Å². The van der Waals surface area contributed by atoms with Gasteiger partial charge in [0.1, 0.15) is 0 Å². The normalized spacial score (nSPS) is 10.4. The lowest BCUT2D eigenvalue weighted by Gasteiger charge is -1.93. The molecular weight excluding hydrogens is 188 g/mol. The smallest absolute Gasteiger partial charge is 0.315 e. The zero-order valence-electron chi connectivity index (χ0n) is 7.17. The van der Waals surface area contributed by atoms with Crippen LogP contribution in [0.3, 0.4) is 0 Å². The molecule has 0 aromatic carbocycles. The van der Waals surface area contributed by atoms with E-state index in [1.165, 1.54) is 6.39 Å². The zero-order valence-corrected chi connectivity index (χ0v) is 7.17. The van der Waals surface area contributed by atoms with Crippen LogP contribution in [0.5, 0.6) is 0 Å². The highest BCUT2D eigenvalue weighted by Gasteiger charge is 2.04. The van der Waals surface area contributed by atoms with E-state index in [-0.39, 0.29) is 12.6 Å². The van der Waals surface area contributed by atoms with Crippen molar-refractivity contribution in [1.29, 1.82) is 0 Å². The van der Waals surface area contributed by atoms with Crippen LogP contribution in [-0.2, 0) is 13.1 Å². The van der Waals surface area contributed by atoms with Crippen molar-refractivity contribution in [2.75, 3.05) is 5.32 Å². The van der Waals surface area contributed by atoms with Crippen LogP contribution in [0.4, 0.5) is 6.01 Å². The Morgan fingerprint density at radius 1 is 1.43 bits per heavy atom. The summed E-state index contributed by atoms with van der Waals surface area (Å²) in [5.74, 6) is 0.887. The van der Waals surface area contributed by atoms with Crippen molar-refractivity contribution in [3.63, 3.8) is 0 Å². The lowest BCUT2D eigenvalue weighted by molar-refractivity contribution is 0.410. The second-order valence-electron chi connectivity index (χ2n) is 2.41. The number of nitrogens with zero attached hydrogens (tertiary/aromatic N) is 4. The SMILES string of the molecule is NCc1nnc(NCc2ncon2)o1. The molecule has 0 aliphatic heterocycles. The van der Waals surface area contributed by atoms with Crippen LogP contribution in [0.15, 0.2) is 15.3 Å². The summed E-state index contributed by atoms with van der Waals surface area (Å²) >= 11 is 0. The summed E-state index contributed by atoms with van der Waals surface area (Å²) in [5, 5.41) is 13.8. The maximum atomic E-state index is 5.29. The van der Waals surface area contributed by atoms with Crippen LogP contribution in [0.1, 0.15) is 11.7 Å². The molecule has 2 rings (SSSR count). The molecule has 2 aromatic rings. The van der Waals surface area contributed by atoms with Crippen LogP contribution >= 0.6 is 0 Å². The molecule has 2 aromatic heterocycles. The number of anilines is 1. The van der Waals surface area contributed by atoms with Gasteiger partial charge < -0.3 is 20.0 Å². The Bertz CT molecular complexity index is 383. The number of hydrogen-bond donors (Lipinski definition) is 2. The molecular formula is C6H8N6O2. The molecule has 2 heterocycles. The predicted molar refractivity (Wildman–Crippen MR) is 43.8 cm³/mol. The number of hydrogen-bond acceptors (Lipinski definition) is 8. The minimum atomic E-state index is 0.219. The first-order chi connectivity index (χ1) is 6.88. The molecule has 0 aliphatic carbocycles. The molecule has 74 valence electrons. The second kappa shape index (κ2) is 3.83. The highest BCUT2D eigenvalue weighted by atomic mass is 16.5. The zero-order chi connectivity index (χ0) is 9.80. The third kappa shape index (κ3) is 1.85. The van der Waals surface area contributed by atoms with Gasteiger partial charge in [-0.25, -0.2) is 0 Å². The van der Waals surface area contributed by atoms with E-state index < -0.39 is 0 Å². The largest absolute Gasteiger partial charge is 0.407 e. The molecule has 8 heteroatoms. The van der Waals surface area contributed by atoms with Crippen molar-refractivity contribution in [1.82, 2.24) is 20.3 Å². The number of rotatable bonds is 4. The van der Waals surface area contributed by atoms with Gasteiger partial charge in [-0.15, -0.1) is 5.10 Å². The number of nitrogens with one attached hydrogen (secondary N) is 1. The molecule has 3 N–H and O–H groups in total. The Balaban J connectivity index is 1.92. The average Bonchev–Trinajstić information content (AvgIpc) is 2.86. The summed E-state index contributed by atoms with van der Waals surface area (Å²) in [6.07, 6.45) is 1.25. The fourth-order valence-corrected chi connectivity index (χ4v) is 0.833. The van der Waals surface area contributed by atoms with Gasteiger partial charge in [-0.1, -0.05) is 10.3 Å². The van der Waals surface area contributed by atoms with Crippen LogP contribution in [-0.4, -0.2) is 20.3 Å². The van der Waals surface area contributed by atoms with Crippen molar-refractivity contribution < 1.29 is 8.94 Å². The minimum absolute atomic E-state index is 0.219. The van der Waals surface area contributed by atoms with E-state index in [0.717, 1.165) is 0 Å². The first kappa shape index (κ1) is 8.63. The average molecular weight is 196 g/mol. The molecule has 0 bridgehead atoms. The molecule has 8 nitrogen and oxygen atoms in total. The summed E-state index contributed by atoms with van der Waals surface area (Å²) in [6.45, 7) is 0.583. The molecule has 0 fully saturated rings. The summed E-state index contributed by atoms with van der Waals surface area (Å²) in [4.78, 5) is 3.80. The summed E-state index contributed by atoms with van der Waals surface area (Å²) < 4.78 is 9.63. The minimum Gasteiger partial charge on any atom is -0.407 e. The van der Waals surface area contributed by atoms with Gasteiger partial charge in [-0.05, 0) is 0 Å². The van der Waals surface area contributed by atoms with Gasteiger partial charge in [0, 0.05) is 0 Å². The van der Waals surface area contributed by atoms with E-state index in [2.05, 4.69) is 30.2 Å². The number of nitrogens with two attached hydrogens (primary N) is 1. The molecule has 0 atom stereocenters. The van der Waals surface area contributed by atoms with E-state index >= 15 is 0 Å². The van der Waals surface area contributed by atoms with Gasteiger partial charge in [0.2, 0.25) is 12.3 Å². The molecule has 0 saturated carbocycles. The van der Waals surface area contributed by atoms with Crippen molar-refractivity contribution in [3.05, 3.63) is 18.1 Å². The molecule has 14 heavy (non-hydrogen) atoms. The van der Waals surface area contributed by atoms with Crippen molar-refractivity contribution >= 4 is 6.01 Å². The van der Waals surface area contributed by atoms with E-state index in [1.807, 2.05) is 0 Å². The van der Waals surface area contributed by atoms with Gasteiger partial charge in [0.05, 0.1) is 13.1 Å². The summed E-state index contributed by atoms with van der Waals surface area (Å²) in [6, 6.07) is 0.287. The Morgan fingerprint density at radius 3 is 3.00 bits per heavy atom. The van der Waals surface area contributed by atoms with E-state index in [1.54, 1.807) is 0 Å². The Hall–Kier alpha value is -1.96. The number of aromatic nitrogens is 4. The maximum Gasteiger partial charge on any atom is 0.315 e. The summed E-state index contributed by atoms with van der Waals surface area (Å²) in [7, 11) is 0. The molecule has 0 amide bonds. The maximum absolute atomic E-state index is 5.29.